The number of rotatable bonds is 6. The molecule has 1 aromatic carbocycles. The maximum Gasteiger partial charge on any atom is 0.332 e. The standard InChI is InChI=1S/C25H30N8O2/c1-6-7-12-32-20-21(29-23(32)30(4)15-25(2,3)27)31(5)24(35)33(22(20)34)14-19-17-11-9-8-10-16(17)18(26)13-28-19/h8-11,13H,12,14-15,26-27H2,1-5H3. The molecule has 182 valence electrons. The summed E-state index contributed by atoms with van der Waals surface area (Å²) >= 11 is 0. The number of fused-ring (bicyclic) bond motifs is 2. The monoisotopic (exact) mass is 474 g/mol. The van der Waals surface area contributed by atoms with Gasteiger partial charge in [-0.05, 0) is 20.8 Å². The number of aromatic nitrogens is 5. The molecule has 0 saturated heterocycles. The summed E-state index contributed by atoms with van der Waals surface area (Å²) in [5.41, 5.74) is 12.6. The molecule has 0 fully saturated rings. The van der Waals surface area contributed by atoms with E-state index in [0.29, 0.717) is 35.0 Å². The second kappa shape index (κ2) is 8.92. The highest BCUT2D eigenvalue weighted by Crippen LogP contribution is 2.23. The molecule has 0 radical (unpaired) electrons. The predicted octanol–water partition coefficient (Wildman–Crippen LogP) is 1.27. The van der Waals surface area contributed by atoms with Crippen molar-refractivity contribution in [3.8, 4) is 11.8 Å². The van der Waals surface area contributed by atoms with Crippen molar-refractivity contribution < 1.29 is 0 Å². The minimum atomic E-state index is -0.498. The average Bonchev–Trinajstić information content (AvgIpc) is 3.19. The lowest BCUT2D eigenvalue weighted by molar-refractivity contribution is 0.512. The summed E-state index contributed by atoms with van der Waals surface area (Å²) in [7, 11) is 3.46. The highest BCUT2D eigenvalue weighted by Gasteiger charge is 2.24. The molecule has 10 nitrogen and oxygen atoms in total. The van der Waals surface area contributed by atoms with E-state index in [2.05, 4.69) is 21.8 Å². The first kappa shape index (κ1) is 24.0. The van der Waals surface area contributed by atoms with Crippen molar-refractivity contribution in [3.63, 3.8) is 0 Å². The molecule has 4 N–H and O–H groups in total. The van der Waals surface area contributed by atoms with Gasteiger partial charge in [0.05, 0.1) is 30.7 Å². The molecule has 0 aliphatic carbocycles. The zero-order valence-corrected chi connectivity index (χ0v) is 20.7. The lowest BCUT2D eigenvalue weighted by Gasteiger charge is -2.27. The zero-order valence-electron chi connectivity index (χ0n) is 20.7. The van der Waals surface area contributed by atoms with Crippen molar-refractivity contribution in [1.82, 2.24) is 23.7 Å². The van der Waals surface area contributed by atoms with Crippen LogP contribution in [0.2, 0.25) is 0 Å². The van der Waals surface area contributed by atoms with Crippen molar-refractivity contribution in [2.45, 2.75) is 39.4 Å². The fourth-order valence-electron chi connectivity index (χ4n) is 4.33. The molecule has 0 spiro atoms. The first-order valence-electron chi connectivity index (χ1n) is 11.2. The van der Waals surface area contributed by atoms with Crippen LogP contribution in [0.15, 0.2) is 40.1 Å². The van der Waals surface area contributed by atoms with E-state index in [0.717, 1.165) is 10.8 Å². The topological polar surface area (TPSA) is 130 Å². The number of aryl methyl sites for hydroxylation is 1. The van der Waals surface area contributed by atoms with Crippen LogP contribution in [0.5, 0.6) is 0 Å². The average molecular weight is 475 g/mol. The lowest BCUT2D eigenvalue weighted by atomic mass is 10.1. The van der Waals surface area contributed by atoms with Crippen LogP contribution in [0, 0.1) is 11.8 Å². The third kappa shape index (κ3) is 4.38. The summed E-state index contributed by atoms with van der Waals surface area (Å²) in [6, 6.07) is 7.52. The van der Waals surface area contributed by atoms with E-state index in [4.69, 9.17) is 11.5 Å². The number of hydrogen-bond acceptors (Lipinski definition) is 7. The van der Waals surface area contributed by atoms with Gasteiger partial charge in [-0.3, -0.25) is 23.5 Å². The summed E-state index contributed by atoms with van der Waals surface area (Å²) in [5, 5.41) is 1.61. The molecule has 10 heteroatoms. The number of nitrogens with zero attached hydrogens (tertiary/aromatic N) is 6. The van der Waals surface area contributed by atoms with E-state index in [9.17, 15) is 9.59 Å². The van der Waals surface area contributed by atoms with Gasteiger partial charge < -0.3 is 16.4 Å². The number of likely N-dealkylation sites (N-methyl/N-ethyl adjacent to an activating group) is 1. The number of pyridine rings is 1. The third-order valence-electron chi connectivity index (χ3n) is 5.83. The molecule has 0 atom stereocenters. The Morgan fingerprint density at radius 3 is 2.49 bits per heavy atom. The second-order valence-corrected chi connectivity index (χ2v) is 9.38. The molecule has 4 aromatic rings. The minimum Gasteiger partial charge on any atom is -0.397 e. The van der Waals surface area contributed by atoms with Crippen LogP contribution >= 0.6 is 0 Å². The van der Waals surface area contributed by atoms with Gasteiger partial charge in [0.2, 0.25) is 5.95 Å². The third-order valence-corrected chi connectivity index (χ3v) is 5.83. The summed E-state index contributed by atoms with van der Waals surface area (Å²) in [6.45, 7) is 6.28. The fourth-order valence-corrected chi connectivity index (χ4v) is 4.33. The number of nitrogen functional groups attached to an aromatic ring is 1. The molecular formula is C25H30N8O2. The van der Waals surface area contributed by atoms with Gasteiger partial charge >= 0.3 is 5.69 Å². The van der Waals surface area contributed by atoms with Crippen LogP contribution in [0.4, 0.5) is 11.6 Å². The highest BCUT2D eigenvalue weighted by molar-refractivity contribution is 5.93. The van der Waals surface area contributed by atoms with Gasteiger partial charge in [0, 0.05) is 37.0 Å². The van der Waals surface area contributed by atoms with Crippen LogP contribution in [0.25, 0.3) is 21.9 Å². The summed E-state index contributed by atoms with van der Waals surface area (Å²) in [4.78, 5) is 38.0. The molecule has 3 heterocycles. The van der Waals surface area contributed by atoms with E-state index in [1.807, 2.05) is 50.1 Å². The zero-order chi connectivity index (χ0) is 25.5. The van der Waals surface area contributed by atoms with Gasteiger partial charge in [-0.25, -0.2) is 4.79 Å². The molecule has 4 rings (SSSR count). The number of benzene rings is 1. The Hall–Kier alpha value is -4.10. The minimum absolute atomic E-state index is 0.00607. The van der Waals surface area contributed by atoms with Crippen molar-refractivity contribution in [2.75, 3.05) is 24.2 Å². The SMILES string of the molecule is CC#CCn1c(N(C)CC(C)(C)N)nc2c1c(=O)n(Cc1ncc(N)c3ccccc13)c(=O)n2C. The van der Waals surface area contributed by atoms with E-state index in [1.165, 1.54) is 9.13 Å². The van der Waals surface area contributed by atoms with Gasteiger partial charge in [-0.2, -0.15) is 4.98 Å². The van der Waals surface area contributed by atoms with E-state index >= 15 is 0 Å². The first-order chi connectivity index (χ1) is 16.5. The normalized spacial score (nSPS) is 11.6. The van der Waals surface area contributed by atoms with Gasteiger partial charge in [0.15, 0.2) is 11.2 Å². The van der Waals surface area contributed by atoms with E-state index in [1.54, 1.807) is 24.7 Å². The first-order valence-corrected chi connectivity index (χ1v) is 11.2. The predicted molar refractivity (Wildman–Crippen MR) is 139 cm³/mol. The molecule has 0 bridgehead atoms. The highest BCUT2D eigenvalue weighted by atomic mass is 16.2. The molecule has 35 heavy (non-hydrogen) atoms. The smallest absolute Gasteiger partial charge is 0.332 e. The van der Waals surface area contributed by atoms with Crippen LogP contribution in [0.1, 0.15) is 26.5 Å². The van der Waals surface area contributed by atoms with Crippen molar-refractivity contribution in [1.29, 1.82) is 0 Å². The van der Waals surface area contributed by atoms with Gasteiger partial charge in [0.25, 0.3) is 5.56 Å². The quantitative estimate of drug-likeness (QED) is 0.403. The Morgan fingerprint density at radius 2 is 1.83 bits per heavy atom. The molecular weight excluding hydrogens is 444 g/mol. The van der Waals surface area contributed by atoms with Crippen molar-refractivity contribution >= 4 is 33.6 Å². The van der Waals surface area contributed by atoms with E-state index in [-0.39, 0.29) is 13.1 Å². The molecule has 3 aromatic heterocycles. The molecule has 0 amide bonds. The maximum atomic E-state index is 13.8. The van der Waals surface area contributed by atoms with Gasteiger partial charge in [-0.1, -0.05) is 30.2 Å². The van der Waals surface area contributed by atoms with Gasteiger partial charge in [-0.15, -0.1) is 5.92 Å². The number of anilines is 2. The summed E-state index contributed by atoms with van der Waals surface area (Å²) in [5.74, 6) is 6.40. The van der Waals surface area contributed by atoms with E-state index < -0.39 is 16.8 Å². The Bertz CT molecular complexity index is 1610. The van der Waals surface area contributed by atoms with Crippen molar-refractivity contribution in [3.05, 3.63) is 57.0 Å². The second-order valence-electron chi connectivity index (χ2n) is 9.38. The Balaban J connectivity index is 1.96. The number of hydrogen-bond donors (Lipinski definition) is 2. The Labute approximate surface area is 202 Å². The van der Waals surface area contributed by atoms with Crippen LogP contribution in [0.3, 0.4) is 0 Å². The number of imidazole rings is 1. The molecule has 0 saturated carbocycles. The maximum absolute atomic E-state index is 13.8. The Kier molecular flexibility index (Phi) is 6.13. The molecule has 0 aliphatic rings. The van der Waals surface area contributed by atoms with Gasteiger partial charge in [0.1, 0.15) is 0 Å². The Morgan fingerprint density at radius 1 is 1.14 bits per heavy atom. The van der Waals surface area contributed by atoms with Crippen LogP contribution < -0.4 is 27.6 Å². The molecule has 0 aliphatic heterocycles. The van der Waals surface area contributed by atoms with Crippen LogP contribution in [-0.4, -0.2) is 42.8 Å². The molecule has 0 unspecified atom stereocenters. The summed E-state index contributed by atoms with van der Waals surface area (Å²) in [6.07, 6.45) is 1.55. The summed E-state index contributed by atoms with van der Waals surface area (Å²) < 4.78 is 4.31. The largest absolute Gasteiger partial charge is 0.397 e. The lowest BCUT2D eigenvalue weighted by Crippen LogP contribution is -2.44. The fraction of sp³-hybridized carbons (Fsp3) is 0.360. The number of nitrogens with two attached hydrogens (primary N) is 2. The van der Waals surface area contributed by atoms with Crippen molar-refractivity contribution in [2.24, 2.45) is 12.8 Å². The van der Waals surface area contributed by atoms with Crippen LogP contribution in [-0.2, 0) is 20.1 Å².